The maximum Gasteiger partial charge on any atom is 0.319 e. The Morgan fingerprint density at radius 3 is 2.44 bits per heavy atom. The maximum atomic E-state index is 13.4. The van der Waals surface area contributed by atoms with Crippen molar-refractivity contribution in [2.75, 3.05) is 37.4 Å². The van der Waals surface area contributed by atoms with Gasteiger partial charge in [0.25, 0.3) is 5.91 Å². The number of urea groups is 1. The number of carbonyl (C=O) groups is 2. The number of nitrogens with one attached hydrogen (secondary N) is 2. The Labute approximate surface area is 193 Å². The zero-order valence-corrected chi connectivity index (χ0v) is 20.4. The molecule has 32 heavy (non-hydrogen) atoms. The van der Waals surface area contributed by atoms with Gasteiger partial charge in [0.2, 0.25) is 0 Å². The van der Waals surface area contributed by atoms with Gasteiger partial charge in [0, 0.05) is 50.7 Å². The molecule has 0 radical (unpaired) electrons. The molecule has 0 saturated carbocycles. The number of nitrogens with zero attached hydrogens (tertiary/aromatic N) is 2. The van der Waals surface area contributed by atoms with Crippen molar-refractivity contribution in [3.63, 3.8) is 0 Å². The second kappa shape index (κ2) is 12.1. The van der Waals surface area contributed by atoms with Crippen LogP contribution in [0.25, 0.3) is 0 Å². The highest BCUT2D eigenvalue weighted by Crippen LogP contribution is 2.26. The first-order valence-corrected chi connectivity index (χ1v) is 11.4. The summed E-state index contributed by atoms with van der Waals surface area (Å²) in [6.07, 6.45) is 1.98. The standard InChI is InChI=1S/C26H38N4O2/c1-7-8-14-27-26(32)28-23-12-13-24(29(5)6)22(16-23)18-30(17-19(2)3)25(31)21-11-9-10-20(4)15-21/h9-13,15-16,19H,7-8,14,17-18H2,1-6H3,(H2,27,28,32). The number of aryl methyl sites for hydroxylation is 1. The summed E-state index contributed by atoms with van der Waals surface area (Å²) in [5.41, 5.74) is 4.49. The predicted molar refractivity (Wildman–Crippen MR) is 133 cm³/mol. The van der Waals surface area contributed by atoms with E-state index in [4.69, 9.17) is 0 Å². The average Bonchev–Trinajstić information content (AvgIpc) is 2.72. The van der Waals surface area contributed by atoms with Crippen LogP contribution in [0.4, 0.5) is 16.2 Å². The molecule has 0 aromatic heterocycles. The summed E-state index contributed by atoms with van der Waals surface area (Å²) < 4.78 is 0. The lowest BCUT2D eigenvalue weighted by atomic mass is 10.1. The summed E-state index contributed by atoms with van der Waals surface area (Å²) >= 11 is 0. The third-order valence-electron chi connectivity index (χ3n) is 5.13. The minimum Gasteiger partial charge on any atom is -0.377 e. The molecule has 2 aromatic carbocycles. The van der Waals surface area contributed by atoms with Gasteiger partial charge in [-0.15, -0.1) is 0 Å². The molecule has 6 heteroatoms. The van der Waals surface area contributed by atoms with Crippen molar-refractivity contribution in [2.45, 2.75) is 47.1 Å². The second-order valence-corrected chi connectivity index (χ2v) is 8.92. The smallest absolute Gasteiger partial charge is 0.319 e. The van der Waals surface area contributed by atoms with E-state index in [0.717, 1.165) is 29.7 Å². The van der Waals surface area contributed by atoms with Crippen molar-refractivity contribution in [1.82, 2.24) is 10.2 Å². The van der Waals surface area contributed by atoms with Crippen molar-refractivity contribution in [3.8, 4) is 0 Å². The van der Waals surface area contributed by atoms with Gasteiger partial charge in [0.1, 0.15) is 0 Å². The van der Waals surface area contributed by atoms with Gasteiger partial charge in [-0.1, -0.05) is 44.9 Å². The van der Waals surface area contributed by atoms with Crippen LogP contribution in [-0.2, 0) is 6.54 Å². The summed E-state index contributed by atoms with van der Waals surface area (Å²) in [5.74, 6) is 0.347. The van der Waals surface area contributed by atoms with Gasteiger partial charge in [-0.2, -0.15) is 0 Å². The van der Waals surface area contributed by atoms with Gasteiger partial charge < -0.3 is 20.4 Å². The number of unbranched alkanes of at least 4 members (excludes halogenated alkanes) is 1. The van der Waals surface area contributed by atoms with E-state index in [0.29, 0.717) is 36.8 Å². The normalized spacial score (nSPS) is 10.7. The monoisotopic (exact) mass is 438 g/mol. The Morgan fingerprint density at radius 2 is 1.81 bits per heavy atom. The van der Waals surface area contributed by atoms with E-state index >= 15 is 0 Å². The van der Waals surface area contributed by atoms with Crippen molar-refractivity contribution in [1.29, 1.82) is 0 Å². The molecule has 0 aliphatic heterocycles. The fraction of sp³-hybridized carbons (Fsp3) is 0.462. The first kappa shape index (κ1) is 25.2. The van der Waals surface area contributed by atoms with E-state index < -0.39 is 0 Å². The molecule has 174 valence electrons. The fourth-order valence-corrected chi connectivity index (χ4v) is 3.61. The van der Waals surface area contributed by atoms with Gasteiger partial charge in [-0.25, -0.2) is 4.79 Å². The summed E-state index contributed by atoms with van der Waals surface area (Å²) in [5, 5.41) is 5.79. The zero-order chi connectivity index (χ0) is 23.7. The highest BCUT2D eigenvalue weighted by atomic mass is 16.2. The lowest BCUT2D eigenvalue weighted by Gasteiger charge is -2.28. The molecular weight excluding hydrogens is 400 g/mol. The fourth-order valence-electron chi connectivity index (χ4n) is 3.61. The minimum absolute atomic E-state index is 0.0165. The van der Waals surface area contributed by atoms with Crippen LogP contribution in [0.2, 0.25) is 0 Å². The highest BCUT2D eigenvalue weighted by molar-refractivity contribution is 5.94. The number of anilines is 2. The van der Waals surface area contributed by atoms with Crippen LogP contribution in [-0.4, -0.2) is 44.0 Å². The van der Waals surface area contributed by atoms with E-state index in [2.05, 4.69) is 31.4 Å². The Hall–Kier alpha value is -3.02. The predicted octanol–water partition coefficient (Wildman–Crippen LogP) is 5.28. The molecule has 2 N–H and O–H groups in total. The first-order valence-electron chi connectivity index (χ1n) is 11.4. The van der Waals surface area contributed by atoms with Crippen LogP contribution in [0.3, 0.4) is 0 Å². The molecule has 0 aliphatic carbocycles. The number of hydrogen-bond acceptors (Lipinski definition) is 3. The van der Waals surface area contributed by atoms with E-state index in [1.165, 1.54) is 0 Å². The van der Waals surface area contributed by atoms with Gasteiger partial charge in [0.05, 0.1) is 0 Å². The van der Waals surface area contributed by atoms with E-state index in [1.54, 1.807) is 0 Å². The molecule has 0 unspecified atom stereocenters. The van der Waals surface area contributed by atoms with Crippen LogP contribution in [0.5, 0.6) is 0 Å². The van der Waals surface area contributed by atoms with Gasteiger partial charge in [-0.3, -0.25) is 4.79 Å². The number of carbonyl (C=O) groups excluding carboxylic acids is 2. The lowest BCUT2D eigenvalue weighted by Crippen LogP contribution is -2.34. The maximum absolute atomic E-state index is 13.4. The van der Waals surface area contributed by atoms with Gasteiger partial charge in [-0.05, 0) is 55.2 Å². The van der Waals surface area contributed by atoms with Crippen molar-refractivity contribution in [3.05, 3.63) is 59.2 Å². The quantitative estimate of drug-likeness (QED) is 0.496. The molecule has 0 heterocycles. The number of rotatable bonds is 10. The molecule has 0 saturated heterocycles. The molecular formula is C26H38N4O2. The van der Waals surface area contributed by atoms with Crippen molar-refractivity contribution in [2.24, 2.45) is 5.92 Å². The minimum atomic E-state index is -0.211. The molecule has 2 rings (SSSR count). The topological polar surface area (TPSA) is 64.7 Å². The molecule has 0 aliphatic rings. The largest absolute Gasteiger partial charge is 0.377 e. The molecule has 0 fully saturated rings. The van der Waals surface area contributed by atoms with Crippen molar-refractivity contribution >= 4 is 23.3 Å². The van der Waals surface area contributed by atoms with Crippen molar-refractivity contribution < 1.29 is 9.59 Å². The zero-order valence-electron chi connectivity index (χ0n) is 20.4. The number of hydrogen-bond donors (Lipinski definition) is 2. The molecule has 0 bridgehead atoms. The van der Waals surface area contributed by atoms with Crippen LogP contribution < -0.4 is 15.5 Å². The van der Waals surface area contributed by atoms with Crippen LogP contribution in [0, 0.1) is 12.8 Å². The SMILES string of the molecule is CCCCNC(=O)Nc1ccc(N(C)C)c(CN(CC(C)C)C(=O)c2cccc(C)c2)c1. The Kier molecular flexibility index (Phi) is 9.57. The summed E-state index contributed by atoms with van der Waals surface area (Å²) in [6, 6.07) is 13.4. The van der Waals surface area contributed by atoms with Gasteiger partial charge >= 0.3 is 6.03 Å². The third-order valence-corrected chi connectivity index (χ3v) is 5.13. The summed E-state index contributed by atoms with van der Waals surface area (Å²) in [6.45, 7) is 10.1. The summed E-state index contributed by atoms with van der Waals surface area (Å²) in [7, 11) is 3.97. The van der Waals surface area contributed by atoms with Crippen LogP contribution in [0.1, 0.15) is 55.1 Å². The van der Waals surface area contributed by atoms with Crippen LogP contribution in [0.15, 0.2) is 42.5 Å². The second-order valence-electron chi connectivity index (χ2n) is 8.92. The Balaban J connectivity index is 2.29. The Bertz CT molecular complexity index is 908. The molecule has 0 spiro atoms. The number of amides is 3. The lowest BCUT2D eigenvalue weighted by molar-refractivity contribution is 0.0723. The molecule has 2 aromatic rings. The van der Waals surface area contributed by atoms with Crippen LogP contribution >= 0.6 is 0 Å². The molecule has 0 atom stereocenters. The van der Waals surface area contributed by atoms with E-state index in [9.17, 15) is 9.59 Å². The molecule has 3 amide bonds. The molecule has 6 nitrogen and oxygen atoms in total. The summed E-state index contributed by atoms with van der Waals surface area (Å²) in [4.78, 5) is 29.5. The van der Waals surface area contributed by atoms with E-state index in [1.807, 2.05) is 73.3 Å². The first-order chi connectivity index (χ1) is 15.2. The third kappa shape index (κ3) is 7.59. The van der Waals surface area contributed by atoms with E-state index in [-0.39, 0.29) is 11.9 Å². The average molecular weight is 439 g/mol. The Morgan fingerprint density at radius 1 is 1.06 bits per heavy atom. The number of benzene rings is 2. The van der Waals surface area contributed by atoms with Gasteiger partial charge in [0.15, 0.2) is 0 Å². The highest BCUT2D eigenvalue weighted by Gasteiger charge is 2.20.